The van der Waals surface area contributed by atoms with Crippen LogP contribution in [0.3, 0.4) is 0 Å². The van der Waals surface area contributed by atoms with E-state index >= 15 is 0 Å². The highest BCUT2D eigenvalue weighted by molar-refractivity contribution is 6.15. The minimum absolute atomic E-state index is 0.166. The van der Waals surface area contributed by atoms with Crippen LogP contribution in [0.1, 0.15) is 30.0 Å². The van der Waals surface area contributed by atoms with Gasteiger partial charge in [-0.25, -0.2) is 0 Å². The lowest BCUT2D eigenvalue weighted by molar-refractivity contribution is -0.137. The number of fused-ring (bicyclic) bond motifs is 5. The van der Waals surface area contributed by atoms with Gasteiger partial charge < -0.3 is 0 Å². The highest BCUT2D eigenvalue weighted by atomic mass is 16.2. The van der Waals surface area contributed by atoms with Crippen molar-refractivity contribution in [1.29, 1.82) is 0 Å². The third-order valence-corrected chi connectivity index (χ3v) is 7.26. The van der Waals surface area contributed by atoms with Gasteiger partial charge in [0, 0.05) is 5.69 Å². The Morgan fingerprint density at radius 1 is 0.645 bits per heavy atom. The molecule has 1 aliphatic carbocycles. The molecule has 150 valence electrons. The zero-order valence-corrected chi connectivity index (χ0v) is 17.5. The average Bonchev–Trinajstić information content (AvgIpc) is 3.14. The molecule has 2 nitrogen and oxygen atoms in total. The van der Waals surface area contributed by atoms with Gasteiger partial charge in [-0.05, 0) is 46.4 Å². The van der Waals surface area contributed by atoms with Crippen LogP contribution in [-0.4, -0.2) is 5.91 Å². The number of amides is 1. The van der Waals surface area contributed by atoms with E-state index < -0.39 is 11.0 Å². The molecule has 1 amide bonds. The summed E-state index contributed by atoms with van der Waals surface area (Å²) < 4.78 is 0. The van der Waals surface area contributed by atoms with E-state index in [1.807, 2.05) is 53.4 Å². The SMILES string of the molecule is CCC1(c2ccccc2)C(=O)N(c2ccccc2)C12c1ccccc1-c1ccccc12. The summed E-state index contributed by atoms with van der Waals surface area (Å²) in [5.74, 6) is 0.166. The lowest BCUT2D eigenvalue weighted by Crippen LogP contribution is -2.78. The largest absolute Gasteiger partial charge is 0.296 e. The van der Waals surface area contributed by atoms with Gasteiger partial charge in [0.2, 0.25) is 5.91 Å². The highest BCUT2D eigenvalue weighted by Crippen LogP contribution is 2.68. The Kier molecular flexibility index (Phi) is 3.76. The predicted octanol–water partition coefficient (Wildman–Crippen LogP) is 6.31. The summed E-state index contributed by atoms with van der Waals surface area (Å²) in [6, 6.07) is 37.7. The predicted molar refractivity (Wildman–Crippen MR) is 125 cm³/mol. The van der Waals surface area contributed by atoms with Crippen molar-refractivity contribution in [2.45, 2.75) is 24.3 Å². The van der Waals surface area contributed by atoms with E-state index in [4.69, 9.17) is 0 Å². The van der Waals surface area contributed by atoms with Gasteiger partial charge in [0.15, 0.2) is 0 Å². The lowest BCUT2D eigenvalue weighted by atomic mass is 9.51. The van der Waals surface area contributed by atoms with E-state index in [-0.39, 0.29) is 5.91 Å². The molecular weight excluding hydrogens is 378 g/mol. The van der Waals surface area contributed by atoms with Crippen molar-refractivity contribution in [3.63, 3.8) is 0 Å². The number of nitrogens with zero attached hydrogens (tertiary/aromatic N) is 1. The summed E-state index contributed by atoms with van der Waals surface area (Å²) >= 11 is 0. The molecule has 4 aromatic rings. The van der Waals surface area contributed by atoms with Crippen LogP contribution in [0.2, 0.25) is 0 Å². The van der Waals surface area contributed by atoms with E-state index in [1.54, 1.807) is 0 Å². The average molecular weight is 402 g/mol. The number of carbonyl (C=O) groups excluding carboxylic acids is 1. The van der Waals surface area contributed by atoms with Gasteiger partial charge >= 0.3 is 0 Å². The Morgan fingerprint density at radius 3 is 1.68 bits per heavy atom. The molecule has 0 bridgehead atoms. The zero-order valence-electron chi connectivity index (χ0n) is 17.5. The number of hydrogen-bond donors (Lipinski definition) is 0. The molecule has 31 heavy (non-hydrogen) atoms. The maximum absolute atomic E-state index is 14.2. The van der Waals surface area contributed by atoms with Crippen molar-refractivity contribution in [3.8, 4) is 11.1 Å². The molecule has 1 atom stereocenters. The lowest BCUT2D eigenvalue weighted by Gasteiger charge is -2.64. The fraction of sp³-hybridized carbons (Fsp3) is 0.138. The molecule has 0 N–H and O–H groups in total. The zero-order chi connectivity index (χ0) is 21.1. The van der Waals surface area contributed by atoms with Crippen LogP contribution in [0.4, 0.5) is 5.69 Å². The summed E-state index contributed by atoms with van der Waals surface area (Å²) in [5.41, 5.74) is 5.66. The van der Waals surface area contributed by atoms with Crippen LogP contribution in [-0.2, 0) is 15.7 Å². The molecule has 1 spiro atoms. The first-order chi connectivity index (χ1) is 15.3. The van der Waals surface area contributed by atoms with Crippen LogP contribution < -0.4 is 4.90 Å². The Bertz CT molecular complexity index is 1250. The minimum Gasteiger partial charge on any atom is -0.296 e. The number of benzene rings is 4. The fourth-order valence-corrected chi connectivity index (χ4v) is 6.10. The second kappa shape index (κ2) is 6.42. The Balaban J connectivity index is 1.77. The monoisotopic (exact) mass is 401 g/mol. The second-order valence-corrected chi connectivity index (χ2v) is 8.40. The summed E-state index contributed by atoms with van der Waals surface area (Å²) in [6.07, 6.45) is 0.724. The quantitative estimate of drug-likeness (QED) is 0.369. The number of rotatable bonds is 3. The number of carbonyl (C=O) groups is 1. The molecule has 6 rings (SSSR count). The molecule has 1 fully saturated rings. The first-order valence-electron chi connectivity index (χ1n) is 10.9. The fourth-order valence-electron chi connectivity index (χ4n) is 6.10. The van der Waals surface area contributed by atoms with E-state index in [0.29, 0.717) is 0 Å². The van der Waals surface area contributed by atoms with Gasteiger partial charge in [0.25, 0.3) is 0 Å². The molecule has 0 aromatic heterocycles. The van der Waals surface area contributed by atoms with Gasteiger partial charge in [0.1, 0.15) is 11.0 Å². The molecule has 1 saturated heterocycles. The number of para-hydroxylation sites is 1. The highest BCUT2D eigenvalue weighted by Gasteiger charge is 2.74. The first-order valence-corrected chi connectivity index (χ1v) is 10.9. The van der Waals surface area contributed by atoms with Crippen LogP contribution >= 0.6 is 0 Å². The summed E-state index contributed by atoms with van der Waals surface area (Å²) in [4.78, 5) is 16.3. The maximum Gasteiger partial charge on any atom is 0.241 e. The van der Waals surface area contributed by atoms with Crippen molar-refractivity contribution in [3.05, 3.63) is 126 Å². The second-order valence-electron chi connectivity index (χ2n) is 8.40. The van der Waals surface area contributed by atoms with E-state index in [2.05, 4.69) is 67.6 Å². The normalized spacial score (nSPS) is 20.3. The topological polar surface area (TPSA) is 20.3 Å². The summed E-state index contributed by atoms with van der Waals surface area (Å²) in [5, 5.41) is 0. The van der Waals surface area contributed by atoms with Crippen molar-refractivity contribution in [1.82, 2.24) is 0 Å². The first kappa shape index (κ1) is 18.1. The Hall–Kier alpha value is -3.65. The van der Waals surface area contributed by atoms with Gasteiger partial charge in [-0.15, -0.1) is 0 Å². The summed E-state index contributed by atoms with van der Waals surface area (Å²) in [7, 11) is 0. The van der Waals surface area contributed by atoms with Crippen molar-refractivity contribution >= 4 is 11.6 Å². The van der Waals surface area contributed by atoms with Gasteiger partial charge in [0.05, 0.1) is 0 Å². The molecule has 1 aliphatic heterocycles. The maximum atomic E-state index is 14.2. The molecule has 0 saturated carbocycles. The number of hydrogen-bond acceptors (Lipinski definition) is 1. The molecule has 1 heterocycles. The van der Waals surface area contributed by atoms with Crippen LogP contribution in [0.25, 0.3) is 11.1 Å². The molecule has 4 aromatic carbocycles. The third-order valence-electron chi connectivity index (χ3n) is 7.26. The smallest absolute Gasteiger partial charge is 0.241 e. The summed E-state index contributed by atoms with van der Waals surface area (Å²) in [6.45, 7) is 2.15. The standard InChI is InChI=1S/C29H23NO/c1-2-28(21-13-5-3-6-14-21)27(31)30(22-15-7-4-8-16-22)29(28)25-19-11-9-17-23(25)24-18-10-12-20-26(24)29/h3-20H,2H2,1H3. The molecule has 2 heteroatoms. The van der Waals surface area contributed by atoms with Gasteiger partial charge in [-0.2, -0.15) is 0 Å². The van der Waals surface area contributed by atoms with Crippen molar-refractivity contribution in [2.24, 2.45) is 0 Å². The molecule has 1 unspecified atom stereocenters. The van der Waals surface area contributed by atoms with E-state index in [1.165, 1.54) is 22.3 Å². The molecule has 2 aliphatic rings. The van der Waals surface area contributed by atoms with E-state index in [0.717, 1.165) is 17.7 Å². The van der Waals surface area contributed by atoms with Crippen molar-refractivity contribution < 1.29 is 4.79 Å². The third kappa shape index (κ3) is 2.00. The molecule has 0 radical (unpaired) electrons. The Morgan fingerprint density at radius 2 is 1.13 bits per heavy atom. The van der Waals surface area contributed by atoms with Crippen molar-refractivity contribution in [2.75, 3.05) is 4.90 Å². The number of β-lactam (4-membered cyclic amide) rings is 1. The molecular formula is C29H23NO. The van der Waals surface area contributed by atoms with Crippen LogP contribution in [0.15, 0.2) is 109 Å². The van der Waals surface area contributed by atoms with Crippen LogP contribution in [0.5, 0.6) is 0 Å². The van der Waals surface area contributed by atoms with Gasteiger partial charge in [-0.3, -0.25) is 9.69 Å². The minimum atomic E-state index is -0.660. The number of anilines is 1. The van der Waals surface area contributed by atoms with Gasteiger partial charge in [-0.1, -0.05) is 104 Å². The van der Waals surface area contributed by atoms with E-state index in [9.17, 15) is 4.79 Å². The Labute approximate surface area is 182 Å². The van der Waals surface area contributed by atoms with Crippen LogP contribution in [0, 0.1) is 0 Å².